The molecular weight excluding hydrogens is 371 g/mol. The van der Waals surface area contributed by atoms with Crippen molar-refractivity contribution in [3.05, 3.63) is 29.3 Å². The van der Waals surface area contributed by atoms with Gasteiger partial charge in [-0.25, -0.2) is 4.99 Å². The molecule has 1 aromatic rings. The predicted octanol–water partition coefficient (Wildman–Crippen LogP) is 3.97. The van der Waals surface area contributed by atoms with Gasteiger partial charge in [0, 0.05) is 18.5 Å². The van der Waals surface area contributed by atoms with Crippen molar-refractivity contribution in [3.8, 4) is 5.75 Å². The minimum Gasteiger partial charge on any atom is -0.488 e. The average molecular weight is 401 g/mol. The van der Waals surface area contributed by atoms with Gasteiger partial charge in [0.25, 0.3) is 0 Å². The van der Waals surface area contributed by atoms with Crippen LogP contribution < -0.4 is 15.4 Å². The second kappa shape index (κ2) is 8.59. The molecule has 8 heteroatoms. The third kappa shape index (κ3) is 6.58. The third-order valence-electron chi connectivity index (χ3n) is 4.15. The number of guanidine groups is 1. The standard InChI is InChI=1S/C20H30F3N3O2/c1-6-24-17(26-11-19(5)12-27-13-19)25-10-14-7-8-15(28-18(2,3)4)9-16(14)20(21,22)23/h7-9H,6,10-13H2,1-5H3,(H2,24,25,26). The van der Waals surface area contributed by atoms with Crippen LogP contribution in [-0.2, 0) is 17.5 Å². The summed E-state index contributed by atoms with van der Waals surface area (Å²) in [5.41, 5.74) is -1.18. The van der Waals surface area contributed by atoms with Gasteiger partial charge in [-0.2, -0.15) is 13.2 Å². The lowest BCUT2D eigenvalue weighted by atomic mass is 9.89. The Bertz CT molecular complexity index is 693. The molecule has 1 aliphatic rings. The van der Waals surface area contributed by atoms with E-state index in [4.69, 9.17) is 9.47 Å². The molecular formula is C20H30F3N3O2. The second-order valence-electron chi connectivity index (χ2n) is 8.38. The summed E-state index contributed by atoms with van der Waals surface area (Å²) in [7, 11) is 0. The molecule has 28 heavy (non-hydrogen) atoms. The van der Waals surface area contributed by atoms with Crippen LogP contribution in [0.15, 0.2) is 23.2 Å². The summed E-state index contributed by atoms with van der Waals surface area (Å²) in [6, 6.07) is 4.03. The first kappa shape index (κ1) is 22.3. The van der Waals surface area contributed by atoms with Crippen LogP contribution in [0.4, 0.5) is 13.2 Å². The summed E-state index contributed by atoms with van der Waals surface area (Å²) in [5, 5.41) is 6.25. The number of alkyl halides is 3. The zero-order valence-electron chi connectivity index (χ0n) is 17.2. The average Bonchev–Trinajstić information content (AvgIpc) is 2.54. The van der Waals surface area contributed by atoms with E-state index in [0.717, 1.165) is 6.07 Å². The van der Waals surface area contributed by atoms with Gasteiger partial charge >= 0.3 is 6.18 Å². The van der Waals surface area contributed by atoms with Crippen molar-refractivity contribution in [1.29, 1.82) is 0 Å². The number of aliphatic imine (C=N–C) groups is 1. The topological polar surface area (TPSA) is 54.9 Å². The predicted molar refractivity (Wildman–Crippen MR) is 104 cm³/mol. The number of nitrogens with zero attached hydrogens (tertiary/aromatic N) is 1. The monoisotopic (exact) mass is 401 g/mol. The van der Waals surface area contributed by atoms with Crippen molar-refractivity contribution < 1.29 is 22.6 Å². The third-order valence-corrected chi connectivity index (χ3v) is 4.15. The number of hydrogen-bond donors (Lipinski definition) is 2. The molecule has 0 aromatic heterocycles. The Labute approximate surface area is 164 Å². The molecule has 158 valence electrons. The fraction of sp³-hybridized carbons (Fsp3) is 0.650. The van der Waals surface area contributed by atoms with E-state index in [1.54, 1.807) is 26.8 Å². The van der Waals surface area contributed by atoms with Crippen molar-refractivity contribution >= 4 is 5.96 Å². The van der Waals surface area contributed by atoms with Gasteiger partial charge in [0.15, 0.2) is 5.96 Å². The van der Waals surface area contributed by atoms with Crippen LogP contribution in [0.3, 0.4) is 0 Å². The first-order valence-electron chi connectivity index (χ1n) is 9.41. The van der Waals surface area contributed by atoms with Gasteiger partial charge in [-0.1, -0.05) is 13.0 Å². The Morgan fingerprint density at radius 2 is 1.89 bits per heavy atom. The highest BCUT2D eigenvalue weighted by Gasteiger charge is 2.35. The molecule has 2 rings (SSSR count). The molecule has 0 saturated carbocycles. The SMILES string of the molecule is CCNC(=NCc1ccc(OC(C)(C)C)cc1C(F)(F)F)NCC1(C)COC1. The van der Waals surface area contributed by atoms with E-state index in [1.165, 1.54) is 6.07 Å². The van der Waals surface area contributed by atoms with Crippen LogP contribution in [-0.4, -0.2) is 37.9 Å². The normalized spacial score (nSPS) is 17.1. The lowest BCUT2D eigenvalue weighted by Crippen LogP contribution is -2.51. The first-order chi connectivity index (χ1) is 12.9. The van der Waals surface area contributed by atoms with Crippen LogP contribution in [0.5, 0.6) is 5.75 Å². The van der Waals surface area contributed by atoms with Crippen LogP contribution in [0.25, 0.3) is 0 Å². The summed E-state index contributed by atoms with van der Waals surface area (Å²) in [6.45, 7) is 11.9. The van der Waals surface area contributed by atoms with E-state index in [0.29, 0.717) is 32.3 Å². The Morgan fingerprint density at radius 1 is 1.21 bits per heavy atom. The van der Waals surface area contributed by atoms with Gasteiger partial charge in [-0.05, 0) is 45.4 Å². The van der Waals surface area contributed by atoms with E-state index in [-0.39, 0.29) is 23.3 Å². The molecule has 5 nitrogen and oxygen atoms in total. The van der Waals surface area contributed by atoms with E-state index < -0.39 is 17.3 Å². The molecule has 2 N–H and O–H groups in total. The fourth-order valence-corrected chi connectivity index (χ4v) is 2.73. The lowest BCUT2D eigenvalue weighted by Gasteiger charge is -2.38. The highest BCUT2D eigenvalue weighted by Crippen LogP contribution is 2.35. The summed E-state index contributed by atoms with van der Waals surface area (Å²) < 4.78 is 51.4. The number of rotatable bonds is 6. The maximum Gasteiger partial charge on any atom is 0.416 e. The molecule has 0 amide bonds. The van der Waals surface area contributed by atoms with Gasteiger partial charge in [0.2, 0.25) is 0 Å². The van der Waals surface area contributed by atoms with Gasteiger partial charge in [-0.3, -0.25) is 0 Å². The minimum atomic E-state index is -4.48. The second-order valence-corrected chi connectivity index (χ2v) is 8.38. The number of hydrogen-bond acceptors (Lipinski definition) is 3. The number of ether oxygens (including phenoxy) is 2. The van der Waals surface area contributed by atoms with Crippen LogP contribution in [0.2, 0.25) is 0 Å². The Morgan fingerprint density at radius 3 is 2.39 bits per heavy atom. The number of halogens is 3. The van der Waals surface area contributed by atoms with Crippen LogP contribution in [0.1, 0.15) is 45.7 Å². The quantitative estimate of drug-likeness (QED) is 0.559. The van der Waals surface area contributed by atoms with E-state index in [1.807, 2.05) is 6.92 Å². The molecule has 1 saturated heterocycles. The van der Waals surface area contributed by atoms with Gasteiger partial charge in [0.05, 0.1) is 25.3 Å². The fourth-order valence-electron chi connectivity index (χ4n) is 2.73. The zero-order valence-corrected chi connectivity index (χ0v) is 17.2. The first-order valence-corrected chi connectivity index (χ1v) is 9.41. The molecule has 1 aliphatic heterocycles. The highest BCUT2D eigenvalue weighted by atomic mass is 19.4. The van der Waals surface area contributed by atoms with Crippen LogP contribution in [0, 0.1) is 5.41 Å². The van der Waals surface area contributed by atoms with Crippen molar-refractivity contribution in [2.24, 2.45) is 10.4 Å². The molecule has 0 aliphatic carbocycles. The molecule has 1 heterocycles. The summed E-state index contributed by atoms with van der Waals surface area (Å²) in [5.74, 6) is 0.675. The van der Waals surface area contributed by atoms with Gasteiger partial charge in [0.1, 0.15) is 11.4 Å². The van der Waals surface area contributed by atoms with Crippen molar-refractivity contribution in [2.45, 2.75) is 52.9 Å². The van der Waals surface area contributed by atoms with Gasteiger partial charge < -0.3 is 20.1 Å². The molecule has 1 aromatic carbocycles. The highest BCUT2D eigenvalue weighted by molar-refractivity contribution is 5.79. The smallest absolute Gasteiger partial charge is 0.416 e. The Hall–Kier alpha value is -1.96. The van der Waals surface area contributed by atoms with Crippen molar-refractivity contribution in [1.82, 2.24) is 10.6 Å². The van der Waals surface area contributed by atoms with E-state index in [9.17, 15) is 13.2 Å². The Balaban J connectivity index is 2.18. The minimum absolute atomic E-state index is 0.0270. The molecule has 0 unspecified atom stereocenters. The van der Waals surface area contributed by atoms with E-state index >= 15 is 0 Å². The summed E-state index contributed by atoms with van der Waals surface area (Å²) in [4.78, 5) is 4.34. The summed E-state index contributed by atoms with van der Waals surface area (Å²) in [6.07, 6.45) is -4.48. The van der Waals surface area contributed by atoms with Crippen LogP contribution >= 0.6 is 0 Å². The van der Waals surface area contributed by atoms with E-state index in [2.05, 4.69) is 22.5 Å². The van der Waals surface area contributed by atoms with Crippen molar-refractivity contribution in [2.75, 3.05) is 26.3 Å². The molecule has 1 fully saturated rings. The number of benzene rings is 1. The summed E-state index contributed by atoms with van der Waals surface area (Å²) >= 11 is 0. The molecule has 0 atom stereocenters. The molecule has 0 bridgehead atoms. The number of nitrogens with one attached hydrogen (secondary N) is 2. The zero-order chi connectivity index (χ0) is 21.0. The lowest BCUT2D eigenvalue weighted by molar-refractivity contribution is -0.138. The molecule has 0 radical (unpaired) electrons. The molecule has 0 spiro atoms. The maximum atomic E-state index is 13.5. The Kier molecular flexibility index (Phi) is 6.85. The largest absolute Gasteiger partial charge is 0.488 e. The maximum absolute atomic E-state index is 13.5. The van der Waals surface area contributed by atoms with Crippen molar-refractivity contribution in [3.63, 3.8) is 0 Å². The van der Waals surface area contributed by atoms with Gasteiger partial charge in [-0.15, -0.1) is 0 Å².